The Kier molecular flexibility index (Phi) is 29.4. The normalized spacial score (nSPS) is 9.38. The van der Waals surface area contributed by atoms with Gasteiger partial charge in [0.25, 0.3) is 0 Å². The largest absolute Gasteiger partial charge is 2.00 e. The Bertz CT molecular complexity index is 100. The van der Waals surface area contributed by atoms with Crippen LogP contribution in [0.4, 0.5) is 0 Å². The molecule has 98 valence electrons. The SMILES string of the molecule is CCOC(CCCl)OCC.CCOCC.[H-].[H-].[Mg+2]. The van der Waals surface area contributed by atoms with Crippen molar-refractivity contribution >= 4 is 34.7 Å². The van der Waals surface area contributed by atoms with Gasteiger partial charge in [0.1, 0.15) is 0 Å². The van der Waals surface area contributed by atoms with Gasteiger partial charge in [0.15, 0.2) is 6.29 Å². The first-order chi connectivity index (χ1) is 7.26. The van der Waals surface area contributed by atoms with Gasteiger partial charge in [-0.3, -0.25) is 0 Å². The maximum Gasteiger partial charge on any atom is 2.00 e. The van der Waals surface area contributed by atoms with Gasteiger partial charge >= 0.3 is 23.1 Å². The van der Waals surface area contributed by atoms with E-state index in [0.717, 1.165) is 19.6 Å². The summed E-state index contributed by atoms with van der Waals surface area (Å²) in [7, 11) is 0. The van der Waals surface area contributed by atoms with E-state index in [-0.39, 0.29) is 32.2 Å². The van der Waals surface area contributed by atoms with Gasteiger partial charge in [0.2, 0.25) is 0 Å². The summed E-state index contributed by atoms with van der Waals surface area (Å²) < 4.78 is 15.3. The molecule has 5 heteroatoms. The summed E-state index contributed by atoms with van der Waals surface area (Å²) in [6.45, 7) is 10.9. The van der Waals surface area contributed by atoms with Crippen LogP contribution in [0.2, 0.25) is 0 Å². The van der Waals surface area contributed by atoms with E-state index in [1.54, 1.807) is 0 Å². The third-order valence-corrected chi connectivity index (χ3v) is 1.68. The van der Waals surface area contributed by atoms with Gasteiger partial charge in [-0.1, -0.05) is 0 Å². The fourth-order valence-corrected chi connectivity index (χ4v) is 1.06. The topological polar surface area (TPSA) is 27.7 Å². The Labute approximate surface area is 124 Å². The summed E-state index contributed by atoms with van der Waals surface area (Å²) in [5, 5.41) is 0. The number of rotatable bonds is 8. The summed E-state index contributed by atoms with van der Waals surface area (Å²) in [5.74, 6) is 0.588. The number of hydrogen-bond acceptors (Lipinski definition) is 3. The van der Waals surface area contributed by atoms with E-state index in [1.165, 1.54) is 0 Å². The first kappa shape index (κ1) is 22.1. The van der Waals surface area contributed by atoms with E-state index in [0.29, 0.717) is 19.1 Å². The summed E-state index contributed by atoms with van der Waals surface area (Å²) >= 11 is 5.51. The second kappa shape index (κ2) is 21.2. The molecule has 0 N–H and O–H groups in total. The number of ether oxygens (including phenoxy) is 3. The first-order valence-electron chi connectivity index (χ1n) is 5.63. The van der Waals surface area contributed by atoms with Crippen molar-refractivity contribution in [1.29, 1.82) is 0 Å². The molecule has 0 radical (unpaired) electrons. The predicted octanol–water partition coefficient (Wildman–Crippen LogP) is 2.90. The maximum atomic E-state index is 5.51. The van der Waals surface area contributed by atoms with E-state index in [4.69, 9.17) is 25.8 Å². The zero-order valence-corrected chi connectivity index (χ0v) is 13.3. The molecule has 0 rings (SSSR count). The van der Waals surface area contributed by atoms with Crippen LogP contribution in [0.1, 0.15) is 37.0 Å². The average molecular weight is 267 g/mol. The van der Waals surface area contributed by atoms with Gasteiger partial charge in [0, 0.05) is 38.7 Å². The Morgan fingerprint density at radius 2 is 1.38 bits per heavy atom. The van der Waals surface area contributed by atoms with Crippen molar-refractivity contribution in [3.8, 4) is 0 Å². The quantitative estimate of drug-likeness (QED) is 0.384. The molecule has 0 atom stereocenters. The molecule has 0 unspecified atom stereocenters. The standard InChI is InChI=1S/C7H15ClO2.C4H10O.Mg.2H/c1-3-9-7(5-6-8)10-4-2;1-3-5-4-2;;;/h7H,3-6H2,1-2H3;3-4H2,1-2H3;;;/q;;+2;2*-1. The third-order valence-electron chi connectivity index (χ3n) is 1.46. The van der Waals surface area contributed by atoms with Crippen molar-refractivity contribution in [2.75, 3.05) is 32.3 Å². The summed E-state index contributed by atoms with van der Waals surface area (Å²) in [6.07, 6.45) is 0.663. The Hall–Kier alpha value is 0.936. The molecule has 0 fully saturated rings. The van der Waals surface area contributed by atoms with E-state index < -0.39 is 0 Å². The van der Waals surface area contributed by atoms with Gasteiger partial charge in [-0.25, -0.2) is 0 Å². The zero-order chi connectivity index (χ0) is 11.9. The minimum Gasteiger partial charge on any atom is -1.00 e. The molecule has 0 saturated carbocycles. The summed E-state index contributed by atoms with van der Waals surface area (Å²) in [6, 6.07) is 0. The van der Waals surface area contributed by atoms with Crippen LogP contribution < -0.4 is 0 Å². The molecule has 0 aromatic heterocycles. The van der Waals surface area contributed by atoms with Crippen molar-refractivity contribution < 1.29 is 17.1 Å². The van der Waals surface area contributed by atoms with E-state index in [1.807, 2.05) is 27.7 Å². The van der Waals surface area contributed by atoms with Crippen molar-refractivity contribution in [3.05, 3.63) is 0 Å². The van der Waals surface area contributed by atoms with Crippen molar-refractivity contribution in [2.24, 2.45) is 0 Å². The predicted molar refractivity (Wildman–Crippen MR) is 72.5 cm³/mol. The molecule has 0 heterocycles. The second-order valence-electron chi connectivity index (χ2n) is 2.60. The fraction of sp³-hybridized carbons (Fsp3) is 1.00. The smallest absolute Gasteiger partial charge is 1.00 e. The molecule has 0 aromatic rings. The molecular weight excluding hydrogens is 240 g/mol. The van der Waals surface area contributed by atoms with Gasteiger partial charge in [0.05, 0.1) is 0 Å². The Morgan fingerprint density at radius 1 is 0.938 bits per heavy atom. The van der Waals surface area contributed by atoms with Crippen LogP contribution in [0.5, 0.6) is 0 Å². The molecule has 16 heavy (non-hydrogen) atoms. The van der Waals surface area contributed by atoms with E-state index in [9.17, 15) is 0 Å². The molecule has 0 bridgehead atoms. The van der Waals surface area contributed by atoms with Crippen LogP contribution in [-0.2, 0) is 14.2 Å². The number of alkyl halides is 1. The summed E-state index contributed by atoms with van der Waals surface area (Å²) in [5.41, 5.74) is 0. The van der Waals surface area contributed by atoms with Gasteiger partial charge in [-0.15, -0.1) is 11.6 Å². The van der Waals surface area contributed by atoms with E-state index in [2.05, 4.69) is 0 Å². The monoisotopic (exact) mass is 266 g/mol. The first-order valence-corrected chi connectivity index (χ1v) is 6.16. The van der Waals surface area contributed by atoms with Crippen molar-refractivity contribution in [3.63, 3.8) is 0 Å². The Morgan fingerprint density at radius 3 is 1.56 bits per heavy atom. The molecule has 0 spiro atoms. The van der Waals surface area contributed by atoms with Gasteiger partial charge < -0.3 is 17.1 Å². The number of hydrogen-bond donors (Lipinski definition) is 0. The number of halogens is 1. The van der Waals surface area contributed by atoms with Crippen LogP contribution in [0, 0.1) is 0 Å². The second-order valence-corrected chi connectivity index (χ2v) is 2.98. The van der Waals surface area contributed by atoms with Crippen LogP contribution in [0.25, 0.3) is 0 Å². The minimum absolute atomic E-state index is 0. The molecular formula is C11H27ClMgO3. The molecule has 0 saturated heterocycles. The van der Waals surface area contributed by atoms with E-state index >= 15 is 0 Å². The van der Waals surface area contributed by atoms with Gasteiger partial charge in [-0.05, 0) is 27.7 Å². The average Bonchev–Trinajstić information content (AvgIpc) is 2.21. The van der Waals surface area contributed by atoms with Crippen LogP contribution in [0.3, 0.4) is 0 Å². The molecule has 0 aromatic carbocycles. The fourth-order valence-electron chi connectivity index (χ4n) is 0.880. The van der Waals surface area contributed by atoms with Crippen LogP contribution in [-0.4, -0.2) is 61.7 Å². The third kappa shape index (κ3) is 20.4. The molecule has 0 aliphatic carbocycles. The molecule has 0 aliphatic heterocycles. The molecule has 0 aliphatic rings. The maximum absolute atomic E-state index is 5.51. The molecule has 3 nitrogen and oxygen atoms in total. The zero-order valence-electron chi connectivity index (χ0n) is 13.1. The van der Waals surface area contributed by atoms with Crippen LogP contribution >= 0.6 is 11.6 Å². The Balaban J connectivity index is -0.0000000621. The minimum atomic E-state index is -0.104. The molecule has 0 amide bonds. The van der Waals surface area contributed by atoms with Crippen molar-refractivity contribution in [2.45, 2.75) is 40.4 Å². The van der Waals surface area contributed by atoms with Gasteiger partial charge in [-0.2, -0.15) is 0 Å². The van der Waals surface area contributed by atoms with Crippen LogP contribution in [0.15, 0.2) is 0 Å². The summed E-state index contributed by atoms with van der Waals surface area (Å²) in [4.78, 5) is 0. The van der Waals surface area contributed by atoms with Crippen molar-refractivity contribution in [1.82, 2.24) is 0 Å².